The Balaban J connectivity index is 1.90. The van der Waals surface area contributed by atoms with Crippen molar-refractivity contribution in [3.63, 3.8) is 0 Å². The first-order valence-corrected chi connectivity index (χ1v) is 10.6. The van der Waals surface area contributed by atoms with E-state index in [0.717, 1.165) is 6.54 Å². The van der Waals surface area contributed by atoms with Crippen LogP contribution in [0.15, 0.2) is 42.5 Å². The molecule has 2 aromatic carbocycles. The van der Waals surface area contributed by atoms with Crippen LogP contribution in [-0.4, -0.2) is 62.7 Å². The van der Waals surface area contributed by atoms with Gasteiger partial charge in [0.25, 0.3) is 11.8 Å². The topological polar surface area (TPSA) is 79.9 Å². The fourth-order valence-electron chi connectivity index (χ4n) is 3.58. The largest absolute Gasteiger partial charge is 0.491 e. The third-order valence-electron chi connectivity index (χ3n) is 5.60. The molecule has 3 rings (SSSR count). The van der Waals surface area contributed by atoms with Gasteiger partial charge in [-0.15, -0.1) is 0 Å². The predicted molar refractivity (Wildman–Crippen MR) is 121 cm³/mol. The van der Waals surface area contributed by atoms with E-state index in [0.29, 0.717) is 30.2 Å². The van der Waals surface area contributed by atoms with Crippen molar-refractivity contribution in [3.8, 4) is 5.75 Å². The molecule has 32 heavy (non-hydrogen) atoms. The summed E-state index contributed by atoms with van der Waals surface area (Å²) in [6.45, 7) is 5.59. The molecule has 0 aliphatic carbocycles. The molecule has 2 aromatic rings. The number of carbonyl (C=O) groups is 2. The Hall–Kier alpha value is -2.97. The number of hydrogen-bond acceptors (Lipinski definition) is 5. The second kappa shape index (κ2) is 10.6. The first kappa shape index (κ1) is 23.7. The molecule has 1 aliphatic rings. The van der Waals surface area contributed by atoms with Gasteiger partial charge in [0.1, 0.15) is 18.2 Å². The summed E-state index contributed by atoms with van der Waals surface area (Å²) in [6, 6.07) is 10.6. The van der Waals surface area contributed by atoms with E-state index in [1.165, 1.54) is 18.2 Å². The number of nitrogens with one attached hydrogen (secondary N) is 2. The van der Waals surface area contributed by atoms with Gasteiger partial charge in [-0.05, 0) is 43.2 Å². The van der Waals surface area contributed by atoms with Crippen LogP contribution in [0.25, 0.3) is 0 Å². The number of methoxy groups -OCH3 is 1. The minimum atomic E-state index is -0.614. The van der Waals surface area contributed by atoms with Crippen LogP contribution in [0.1, 0.15) is 34.6 Å². The van der Waals surface area contributed by atoms with Crippen molar-refractivity contribution >= 4 is 17.5 Å². The van der Waals surface area contributed by atoms with Crippen LogP contribution in [0, 0.1) is 11.7 Å². The van der Waals surface area contributed by atoms with Gasteiger partial charge in [0.15, 0.2) is 0 Å². The lowest BCUT2D eigenvalue weighted by Crippen LogP contribution is -2.44. The van der Waals surface area contributed by atoms with E-state index in [1.54, 1.807) is 43.3 Å². The molecule has 0 radical (unpaired) electrons. The number of carbonyl (C=O) groups excluding carboxylic acids is 2. The zero-order chi connectivity index (χ0) is 23.3. The van der Waals surface area contributed by atoms with Crippen molar-refractivity contribution in [1.29, 1.82) is 0 Å². The third-order valence-corrected chi connectivity index (χ3v) is 5.60. The molecule has 2 amide bonds. The van der Waals surface area contributed by atoms with Gasteiger partial charge < -0.3 is 25.0 Å². The maximum Gasteiger partial charge on any atom is 0.258 e. The Bertz CT molecular complexity index is 968. The summed E-state index contributed by atoms with van der Waals surface area (Å²) >= 11 is 0. The monoisotopic (exact) mass is 443 g/mol. The number of anilines is 1. The highest BCUT2D eigenvalue weighted by Gasteiger charge is 2.26. The minimum Gasteiger partial charge on any atom is -0.491 e. The lowest BCUT2D eigenvalue weighted by molar-refractivity contribution is 0.0281. The van der Waals surface area contributed by atoms with Gasteiger partial charge in [0.2, 0.25) is 0 Å². The molecule has 0 fully saturated rings. The highest BCUT2D eigenvalue weighted by atomic mass is 19.1. The number of nitrogens with zero attached hydrogens (tertiary/aromatic N) is 1. The predicted octanol–water partition coefficient (Wildman–Crippen LogP) is 3.17. The van der Waals surface area contributed by atoms with Crippen molar-refractivity contribution in [2.45, 2.75) is 26.0 Å². The zero-order valence-corrected chi connectivity index (χ0v) is 18.9. The van der Waals surface area contributed by atoms with Crippen molar-refractivity contribution in [1.82, 2.24) is 10.2 Å². The van der Waals surface area contributed by atoms with Gasteiger partial charge in [-0.25, -0.2) is 4.39 Å². The summed E-state index contributed by atoms with van der Waals surface area (Å²) in [5.74, 6) is -0.858. The third kappa shape index (κ3) is 5.63. The molecule has 0 spiro atoms. The molecule has 0 saturated heterocycles. The van der Waals surface area contributed by atoms with Crippen LogP contribution >= 0.6 is 0 Å². The van der Waals surface area contributed by atoms with E-state index in [2.05, 4.69) is 17.6 Å². The maximum atomic E-state index is 14.0. The van der Waals surface area contributed by atoms with E-state index in [1.807, 2.05) is 6.92 Å². The molecule has 172 valence electrons. The van der Waals surface area contributed by atoms with Gasteiger partial charge in [-0.3, -0.25) is 9.59 Å². The van der Waals surface area contributed by atoms with Crippen molar-refractivity contribution in [3.05, 3.63) is 59.4 Å². The average molecular weight is 444 g/mol. The van der Waals surface area contributed by atoms with Gasteiger partial charge in [-0.1, -0.05) is 19.1 Å². The first-order chi connectivity index (χ1) is 15.3. The molecule has 0 saturated carbocycles. The van der Waals surface area contributed by atoms with Crippen LogP contribution in [0.5, 0.6) is 5.75 Å². The second-order valence-corrected chi connectivity index (χ2v) is 8.20. The SMILES string of the molecule is CO[C@H]1CN(C)C(=O)c2cc(NC(=O)c3ccccc3F)ccc2OC[C@@H](C)NC[C@@H]1C. The van der Waals surface area contributed by atoms with Gasteiger partial charge in [0.05, 0.1) is 17.2 Å². The number of likely N-dealkylation sites (N-methyl/N-ethyl adjacent to an activating group) is 1. The molecule has 2 N–H and O–H groups in total. The Kier molecular flexibility index (Phi) is 7.82. The summed E-state index contributed by atoms with van der Waals surface area (Å²) in [5, 5.41) is 6.10. The summed E-state index contributed by atoms with van der Waals surface area (Å²) in [7, 11) is 3.35. The van der Waals surface area contributed by atoms with Crippen LogP contribution in [-0.2, 0) is 4.74 Å². The van der Waals surface area contributed by atoms with Gasteiger partial charge in [0, 0.05) is 39.0 Å². The Morgan fingerprint density at radius 1 is 1.25 bits per heavy atom. The average Bonchev–Trinajstić information content (AvgIpc) is 2.78. The second-order valence-electron chi connectivity index (χ2n) is 8.20. The molecular weight excluding hydrogens is 413 g/mol. The van der Waals surface area contributed by atoms with Crippen molar-refractivity contribution in [2.24, 2.45) is 5.92 Å². The van der Waals surface area contributed by atoms with E-state index < -0.39 is 11.7 Å². The molecule has 8 heteroatoms. The molecule has 1 aliphatic heterocycles. The highest BCUT2D eigenvalue weighted by Crippen LogP contribution is 2.26. The fraction of sp³-hybridized carbons (Fsp3) is 0.417. The number of halogens is 1. The first-order valence-electron chi connectivity index (χ1n) is 10.6. The molecular formula is C24H30FN3O4. The number of benzene rings is 2. The van der Waals surface area contributed by atoms with Gasteiger partial charge >= 0.3 is 0 Å². The Labute approximate surface area is 187 Å². The maximum absolute atomic E-state index is 14.0. The standard InChI is InChI=1S/C24H30FN3O4/c1-15-12-26-16(2)14-32-21-10-9-17(27-23(29)18-7-5-6-8-20(18)25)11-19(21)24(30)28(3)13-22(15)31-4/h5-11,15-16,22,26H,12-14H2,1-4H3,(H,27,29)/t15-,16+,22-/m0/s1. The molecule has 3 atom stereocenters. The summed E-state index contributed by atoms with van der Waals surface area (Å²) < 4.78 is 25.5. The van der Waals surface area contributed by atoms with Crippen LogP contribution < -0.4 is 15.4 Å². The summed E-state index contributed by atoms with van der Waals surface area (Å²) in [6.07, 6.45) is -0.142. The molecule has 0 unspecified atom stereocenters. The molecule has 1 heterocycles. The Morgan fingerprint density at radius 2 is 2.00 bits per heavy atom. The van der Waals surface area contributed by atoms with E-state index in [9.17, 15) is 14.0 Å². The summed E-state index contributed by atoms with van der Waals surface area (Å²) in [5.41, 5.74) is 0.614. The number of fused-ring (bicyclic) bond motifs is 1. The lowest BCUT2D eigenvalue weighted by Gasteiger charge is -2.30. The van der Waals surface area contributed by atoms with Gasteiger partial charge in [-0.2, -0.15) is 0 Å². The number of hydrogen-bond donors (Lipinski definition) is 2. The van der Waals surface area contributed by atoms with Crippen LogP contribution in [0.3, 0.4) is 0 Å². The van der Waals surface area contributed by atoms with Crippen molar-refractivity contribution in [2.75, 3.05) is 39.2 Å². The smallest absolute Gasteiger partial charge is 0.258 e. The van der Waals surface area contributed by atoms with E-state index in [4.69, 9.17) is 9.47 Å². The number of ether oxygens (including phenoxy) is 2. The molecule has 7 nitrogen and oxygen atoms in total. The number of amides is 2. The molecule has 0 bridgehead atoms. The van der Waals surface area contributed by atoms with E-state index >= 15 is 0 Å². The fourth-order valence-corrected chi connectivity index (χ4v) is 3.58. The quantitative estimate of drug-likeness (QED) is 0.762. The zero-order valence-electron chi connectivity index (χ0n) is 18.9. The Morgan fingerprint density at radius 3 is 2.72 bits per heavy atom. The lowest BCUT2D eigenvalue weighted by atomic mass is 10.0. The van der Waals surface area contributed by atoms with Crippen LogP contribution in [0.4, 0.5) is 10.1 Å². The minimum absolute atomic E-state index is 0.0653. The van der Waals surface area contributed by atoms with Crippen molar-refractivity contribution < 1.29 is 23.5 Å². The molecule has 0 aromatic heterocycles. The highest BCUT2D eigenvalue weighted by molar-refractivity contribution is 6.05. The number of rotatable bonds is 3. The summed E-state index contributed by atoms with van der Waals surface area (Å²) in [4.78, 5) is 27.4. The van der Waals surface area contributed by atoms with E-state index in [-0.39, 0.29) is 29.5 Å². The van der Waals surface area contributed by atoms with Crippen LogP contribution in [0.2, 0.25) is 0 Å². The normalized spacial score (nSPS) is 22.2.